The van der Waals surface area contributed by atoms with Crippen LogP contribution in [0.5, 0.6) is 0 Å². The first-order valence-electron chi connectivity index (χ1n) is 8.21. The van der Waals surface area contributed by atoms with Crippen molar-refractivity contribution in [1.29, 1.82) is 0 Å². The van der Waals surface area contributed by atoms with Gasteiger partial charge in [-0.25, -0.2) is 4.39 Å². The average molecular weight is 414 g/mol. The number of aliphatic hydroxyl groups is 1. The van der Waals surface area contributed by atoms with Crippen molar-refractivity contribution in [3.8, 4) is 0 Å². The van der Waals surface area contributed by atoms with Crippen LogP contribution in [0.15, 0.2) is 54.6 Å². The van der Waals surface area contributed by atoms with Gasteiger partial charge in [0.1, 0.15) is 5.82 Å². The highest BCUT2D eigenvalue weighted by Crippen LogP contribution is 2.33. The van der Waals surface area contributed by atoms with Gasteiger partial charge in [0.15, 0.2) is 11.2 Å². The second-order valence-corrected chi connectivity index (χ2v) is 6.76. The number of halogens is 4. The SMILES string of the molecule is CC(C[C@@H](O)C(F)(F)F)(NC(=S)NC(=O)c1ccccc1)c1ccccc1F. The number of nitrogens with one attached hydrogen (secondary N) is 2. The van der Waals surface area contributed by atoms with Crippen LogP contribution >= 0.6 is 12.2 Å². The molecule has 0 bridgehead atoms. The molecule has 0 aliphatic rings. The third kappa shape index (κ3) is 5.49. The third-order valence-corrected chi connectivity index (χ3v) is 4.30. The van der Waals surface area contributed by atoms with E-state index in [2.05, 4.69) is 10.6 Å². The Balaban J connectivity index is 2.25. The number of amides is 1. The van der Waals surface area contributed by atoms with E-state index >= 15 is 0 Å². The first kappa shape index (κ1) is 21.8. The van der Waals surface area contributed by atoms with Crippen molar-refractivity contribution in [2.45, 2.75) is 31.2 Å². The summed E-state index contributed by atoms with van der Waals surface area (Å²) < 4.78 is 52.9. The number of rotatable bonds is 5. The van der Waals surface area contributed by atoms with Crippen LogP contribution in [0.1, 0.15) is 29.3 Å². The molecule has 0 aromatic heterocycles. The predicted molar refractivity (Wildman–Crippen MR) is 100 cm³/mol. The molecule has 2 aromatic carbocycles. The third-order valence-electron chi connectivity index (χ3n) is 4.10. The van der Waals surface area contributed by atoms with Gasteiger partial charge in [-0.15, -0.1) is 0 Å². The summed E-state index contributed by atoms with van der Waals surface area (Å²) in [4.78, 5) is 12.2. The number of aliphatic hydroxyl groups excluding tert-OH is 1. The van der Waals surface area contributed by atoms with Crippen LogP contribution in [0.2, 0.25) is 0 Å². The Morgan fingerprint density at radius 3 is 2.25 bits per heavy atom. The molecule has 0 aliphatic heterocycles. The van der Waals surface area contributed by atoms with Gasteiger partial charge in [0.25, 0.3) is 5.91 Å². The topological polar surface area (TPSA) is 61.4 Å². The molecule has 0 radical (unpaired) electrons. The highest BCUT2D eigenvalue weighted by molar-refractivity contribution is 7.80. The molecular weight excluding hydrogens is 396 g/mol. The molecule has 150 valence electrons. The lowest BCUT2D eigenvalue weighted by molar-refractivity contribution is -0.209. The van der Waals surface area contributed by atoms with E-state index in [9.17, 15) is 27.5 Å². The summed E-state index contributed by atoms with van der Waals surface area (Å²) in [6.07, 6.45) is -8.54. The Kier molecular flexibility index (Phi) is 6.73. The maximum atomic E-state index is 14.3. The monoisotopic (exact) mass is 414 g/mol. The standard InChI is InChI=1S/C19H18F4N2O2S/c1-18(11-15(26)19(21,22)23,13-9-5-6-10-14(13)20)25-17(28)24-16(27)12-7-3-2-4-8-12/h2-10,15,26H,11H2,1H3,(H2,24,25,27,28)/t15-,18?/m1/s1. The minimum Gasteiger partial charge on any atom is -0.384 e. The fraction of sp³-hybridized carbons (Fsp3) is 0.263. The molecule has 2 aromatic rings. The molecule has 2 rings (SSSR count). The molecule has 0 aliphatic carbocycles. The van der Waals surface area contributed by atoms with Crippen molar-refractivity contribution in [2.75, 3.05) is 0 Å². The van der Waals surface area contributed by atoms with Crippen LogP contribution in [0.4, 0.5) is 17.6 Å². The van der Waals surface area contributed by atoms with Crippen molar-refractivity contribution in [3.63, 3.8) is 0 Å². The second-order valence-electron chi connectivity index (χ2n) is 6.35. The minimum absolute atomic E-state index is 0.130. The molecule has 0 heterocycles. The van der Waals surface area contributed by atoms with Gasteiger partial charge in [-0.2, -0.15) is 13.2 Å². The summed E-state index contributed by atoms with van der Waals surface area (Å²) in [5, 5.41) is 14.1. The zero-order valence-electron chi connectivity index (χ0n) is 14.8. The van der Waals surface area contributed by atoms with Gasteiger partial charge in [0.2, 0.25) is 0 Å². The van der Waals surface area contributed by atoms with Crippen molar-refractivity contribution in [1.82, 2.24) is 10.6 Å². The van der Waals surface area contributed by atoms with Gasteiger partial charge in [-0.3, -0.25) is 10.1 Å². The van der Waals surface area contributed by atoms with Crippen molar-refractivity contribution < 1.29 is 27.5 Å². The normalized spacial score (nSPS) is 14.6. The van der Waals surface area contributed by atoms with Crippen LogP contribution in [0.25, 0.3) is 0 Å². The summed E-state index contributed by atoms with van der Waals surface area (Å²) in [6, 6.07) is 13.2. The Labute approximate surface area is 164 Å². The molecule has 0 fully saturated rings. The van der Waals surface area contributed by atoms with Crippen molar-refractivity contribution in [2.24, 2.45) is 0 Å². The predicted octanol–water partition coefficient (Wildman–Crippen LogP) is 3.66. The van der Waals surface area contributed by atoms with E-state index < -0.39 is 36.0 Å². The average Bonchev–Trinajstić information content (AvgIpc) is 2.61. The molecular formula is C19H18F4N2O2S. The molecule has 4 nitrogen and oxygen atoms in total. The van der Waals surface area contributed by atoms with E-state index in [0.717, 1.165) is 6.07 Å². The first-order chi connectivity index (χ1) is 13.0. The minimum atomic E-state index is -4.90. The number of benzene rings is 2. The largest absolute Gasteiger partial charge is 0.414 e. The number of thiocarbonyl (C=S) groups is 1. The highest BCUT2D eigenvalue weighted by Gasteiger charge is 2.44. The van der Waals surface area contributed by atoms with E-state index in [-0.39, 0.29) is 16.2 Å². The maximum Gasteiger partial charge on any atom is 0.414 e. The summed E-state index contributed by atoms with van der Waals surface area (Å²) in [5.74, 6) is -1.35. The van der Waals surface area contributed by atoms with Crippen LogP contribution in [0.3, 0.4) is 0 Å². The molecule has 3 N–H and O–H groups in total. The fourth-order valence-corrected chi connectivity index (χ4v) is 3.00. The lowest BCUT2D eigenvalue weighted by Crippen LogP contribution is -2.52. The molecule has 28 heavy (non-hydrogen) atoms. The molecule has 2 atom stereocenters. The summed E-state index contributed by atoms with van der Waals surface area (Å²) >= 11 is 5.04. The molecule has 0 spiro atoms. The van der Waals surface area contributed by atoms with Crippen LogP contribution in [-0.4, -0.2) is 28.4 Å². The summed E-state index contributed by atoms with van der Waals surface area (Å²) in [5.41, 5.74) is -1.58. The van der Waals surface area contributed by atoms with Crippen LogP contribution < -0.4 is 10.6 Å². The first-order valence-corrected chi connectivity index (χ1v) is 8.62. The van der Waals surface area contributed by atoms with Crippen molar-refractivity contribution >= 4 is 23.2 Å². The van der Waals surface area contributed by atoms with Gasteiger partial charge >= 0.3 is 6.18 Å². The lowest BCUT2D eigenvalue weighted by Gasteiger charge is -2.35. The Hall–Kier alpha value is -2.52. The number of carbonyl (C=O) groups is 1. The van der Waals surface area contributed by atoms with Crippen molar-refractivity contribution in [3.05, 3.63) is 71.5 Å². The maximum absolute atomic E-state index is 14.3. The van der Waals surface area contributed by atoms with Gasteiger partial charge in [0, 0.05) is 17.5 Å². The quantitative estimate of drug-likeness (QED) is 0.516. The molecule has 0 saturated carbocycles. The van der Waals surface area contributed by atoms with E-state index in [0.29, 0.717) is 0 Å². The van der Waals surface area contributed by atoms with E-state index in [1.54, 1.807) is 18.2 Å². The van der Waals surface area contributed by atoms with E-state index in [1.165, 1.54) is 37.3 Å². The fourth-order valence-electron chi connectivity index (χ4n) is 2.69. The molecule has 1 amide bonds. The van der Waals surface area contributed by atoms with E-state index in [1.807, 2.05) is 0 Å². The van der Waals surface area contributed by atoms with E-state index in [4.69, 9.17) is 12.2 Å². The smallest absolute Gasteiger partial charge is 0.384 e. The Bertz CT molecular complexity index is 845. The number of hydrogen-bond donors (Lipinski definition) is 3. The molecule has 0 saturated heterocycles. The van der Waals surface area contributed by atoms with Crippen LogP contribution in [-0.2, 0) is 5.54 Å². The Morgan fingerprint density at radius 1 is 1.11 bits per heavy atom. The molecule has 9 heteroatoms. The Morgan fingerprint density at radius 2 is 1.68 bits per heavy atom. The number of carbonyl (C=O) groups excluding carboxylic acids is 1. The van der Waals surface area contributed by atoms with Gasteiger partial charge in [0.05, 0.1) is 5.54 Å². The number of hydrogen-bond acceptors (Lipinski definition) is 3. The molecule has 1 unspecified atom stereocenters. The number of alkyl halides is 3. The van der Waals surface area contributed by atoms with Gasteiger partial charge in [-0.1, -0.05) is 36.4 Å². The lowest BCUT2D eigenvalue weighted by atomic mass is 9.85. The van der Waals surface area contributed by atoms with Gasteiger partial charge < -0.3 is 10.4 Å². The second kappa shape index (κ2) is 8.66. The summed E-state index contributed by atoms with van der Waals surface area (Å²) in [6.45, 7) is 1.27. The van der Waals surface area contributed by atoms with Gasteiger partial charge in [-0.05, 0) is 37.3 Å². The highest BCUT2D eigenvalue weighted by atomic mass is 32.1. The zero-order valence-corrected chi connectivity index (χ0v) is 15.6. The zero-order chi connectivity index (χ0) is 20.9. The van der Waals surface area contributed by atoms with Crippen LogP contribution in [0, 0.1) is 5.82 Å². The summed E-state index contributed by atoms with van der Waals surface area (Å²) in [7, 11) is 0.